The number of benzene rings is 2. The standard InChI is InChI=1S/C26H30N2O6S/c1-17-11-12-18(14-28-25(29)20-7-3-4-8-21(20)26(28)30)13-24(17)35(31,32)27(2)15-19-16-33-22-9-5-6-10-23(22)34-19/h5-6,9-13,19-21H,3-4,7-8,14-16H2,1-2H3/t19-,20+,21+/m0/s1. The van der Waals surface area contributed by atoms with Gasteiger partial charge in [0.05, 0.1) is 29.8 Å². The van der Waals surface area contributed by atoms with Gasteiger partial charge < -0.3 is 9.47 Å². The van der Waals surface area contributed by atoms with Crippen molar-refractivity contribution >= 4 is 21.8 Å². The van der Waals surface area contributed by atoms with Crippen LogP contribution in [0.3, 0.4) is 0 Å². The van der Waals surface area contributed by atoms with Crippen molar-refractivity contribution in [1.29, 1.82) is 0 Å². The van der Waals surface area contributed by atoms with Crippen molar-refractivity contribution in [1.82, 2.24) is 9.21 Å². The average Bonchev–Trinajstić information content (AvgIpc) is 3.10. The molecule has 3 atom stereocenters. The van der Waals surface area contributed by atoms with Crippen LogP contribution in [0.1, 0.15) is 36.8 Å². The molecule has 5 rings (SSSR count). The summed E-state index contributed by atoms with van der Waals surface area (Å²) >= 11 is 0. The highest BCUT2D eigenvalue weighted by atomic mass is 32.2. The maximum Gasteiger partial charge on any atom is 0.243 e. The molecule has 2 aliphatic heterocycles. The monoisotopic (exact) mass is 498 g/mol. The minimum Gasteiger partial charge on any atom is -0.486 e. The van der Waals surface area contributed by atoms with Crippen LogP contribution in [0.15, 0.2) is 47.4 Å². The number of likely N-dealkylation sites (tertiary alicyclic amines) is 1. The third kappa shape index (κ3) is 4.43. The molecule has 0 radical (unpaired) electrons. The fraction of sp³-hybridized carbons (Fsp3) is 0.462. The molecule has 8 nitrogen and oxygen atoms in total. The molecule has 186 valence electrons. The van der Waals surface area contributed by atoms with Crippen LogP contribution in [0.25, 0.3) is 0 Å². The van der Waals surface area contributed by atoms with E-state index in [9.17, 15) is 18.0 Å². The van der Waals surface area contributed by atoms with E-state index in [-0.39, 0.29) is 48.2 Å². The number of fused-ring (bicyclic) bond motifs is 2. The Kier molecular flexibility index (Phi) is 6.31. The summed E-state index contributed by atoms with van der Waals surface area (Å²) in [6.45, 7) is 2.19. The molecular formula is C26H30N2O6S. The maximum absolute atomic E-state index is 13.5. The summed E-state index contributed by atoms with van der Waals surface area (Å²) in [4.78, 5) is 27.2. The topological polar surface area (TPSA) is 93.2 Å². The predicted octanol–water partition coefficient (Wildman–Crippen LogP) is 3.13. The zero-order chi connectivity index (χ0) is 24.7. The van der Waals surface area contributed by atoms with Gasteiger partial charge in [0.25, 0.3) is 0 Å². The third-order valence-electron chi connectivity index (χ3n) is 7.24. The fourth-order valence-corrected chi connectivity index (χ4v) is 6.77. The van der Waals surface area contributed by atoms with E-state index in [1.165, 1.54) is 16.3 Å². The normalized spacial score (nSPS) is 24.1. The highest BCUT2D eigenvalue weighted by Crippen LogP contribution is 2.39. The number of rotatable bonds is 6. The van der Waals surface area contributed by atoms with Gasteiger partial charge in [-0.25, -0.2) is 8.42 Å². The first-order valence-corrected chi connectivity index (χ1v) is 13.5. The molecule has 2 aromatic carbocycles. The number of likely N-dealkylation sites (N-methyl/N-ethyl adjacent to an activating group) is 1. The Morgan fingerprint density at radius 3 is 2.34 bits per heavy atom. The number of imide groups is 1. The quantitative estimate of drug-likeness (QED) is 0.568. The van der Waals surface area contributed by atoms with Gasteiger partial charge in [0.1, 0.15) is 12.7 Å². The van der Waals surface area contributed by atoms with E-state index in [1.54, 1.807) is 31.2 Å². The Balaban J connectivity index is 1.32. The van der Waals surface area contributed by atoms with Gasteiger partial charge in [0, 0.05) is 7.05 Å². The lowest BCUT2D eigenvalue weighted by Crippen LogP contribution is -2.42. The van der Waals surface area contributed by atoms with Crippen molar-refractivity contribution in [2.24, 2.45) is 11.8 Å². The van der Waals surface area contributed by atoms with Crippen LogP contribution in [0, 0.1) is 18.8 Å². The molecule has 9 heteroatoms. The molecule has 0 aromatic heterocycles. The zero-order valence-electron chi connectivity index (χ0n) is 20.0. The lowest BCUT2D eigenvalue weighted by Gasteiger charge is -2.29. The zero-order valence-corrected chi connectivity index (χ0v) is 20.8. The Labute approximate surface area is 205 Å². The van der Waals surface area contributed by atoms with Gasteiger partial charge in [0.15, 0.2) is 11.5 Å². The summed E-state index contributed by atoms with van der Waals surface area (Å²) in [5.74, 6) is 0.530. The van der Waals surface area contributed by atoms with Gasteiger partial charge in [-0.1, -0.05) is 37.1 Å². The second kappa shape index (κ2) is 9.28. The van der Waals surface area contributed by atoms with Gasteiger partial charge in [0.2, 0.25) is 21.8 Å². The lowest BCUT2D eigenvalue weighted by molar-refractivity contribution is -0.140. The summed E-state index contributed by atoms with van der Waals surface area (Å²) in [6, 6.07) is 12.4. The highest BCUT2D eigenvalue weighted by Gasteiger charge is 2.48. The van der Waals surface area contributed by atoms with E-state index in [1.807, 2.05) is 18.2 Å². The predicted molar refractivity (Wildman–Crippen MR) is 128 cm³/mol. The molecule has 0 N–H and O–H groups in total. The number of amides is 2. The molecule has 2 fully saturated rings. The smallest absolute Gasteiger partial charge is 0.243 e. The first-order chi connectivity index (χ1) is 16.8. The van der Waals surface area contributed by atoms with E-state index in [0.717, 1.165) is 25.7 Å². The molecule has 2 heterocycles. The van der Waals surface area contributed by atoms with Crippen molar-refractivity contribution in [3.8, 4) is 11.5 Å². The van der Waals surface area contributed by atoms with Gasteiger partial charge in [-0.3, -0.25) is 14.5 Å². The number of carbonyl (C=O) groups excluding carboxylic acids is 2. The number of para-hydroxylation sites is 2. The summed E-state index contributed by atoms with van der Waals surface area (Å²) in [7, 11) is -2.32. The summed E-state index contributed by atoms with van der Waals surface area (Å²) < 4.78 is 39.9. The maximum atomic E-state index is 13.5. The molecule has 0 spiro atoms. The molecule has 3 aliphatic rings. The number of nitrogens with zero attached hydrogens (tertiary/aromatic N) is 2. The Morgan fingerprint density at radius 1 is 1.00 bits per heavy atom. The number of hydrogen-bond acceptors (Lipinski definition) is 6. The van der Waals surface area contributed by atoms with Crippen LogP contribution in [0.5, 0.6) is 11.5 Å². The molecule has 1 aliphatic carbocycles. The SMILES string of the molecule is Cc1ccc(CN2C(=O)[C@@H]3CCCC[C@H]3C2=O)cc1S(=O)(=O)N(C)C[C@H]1COc2ccccc2O1. The number of hydrogen-bond donors (Lipinski definition) is 0. The molecule has 1 saturated carbocycles. The van der Waals surface area contributed by atoms with Gasteiger partial charge in [-0.05, 0) is 49.1 Å². The van der Waals surface area contributed by atoms with Crippen molar-refractivity contribution in [3.63, 3.8) is 0 Å². The third-order valence-corrected chi connectivity index (χ3v) is 9.21. The van der Waals surface area contributed by atoms with Crippen LogP contribution in [0.2, 0.25) is 0 Å². The van der Waals surface area contributed by atoms with Crippen LogP contribution < -0.4 is 9.47 Å². The second-order valence-electron chi connectivity index (χ2n) is 9.64. The largest absolute Gasteiger partial charge is 0.486 e. The molecule has 2 aromatic rings. The van der Waals surface area contributed by atoms with Crippen molar-refractivity contribution < 1.29 is 27.5 Å². The molecule has 2 amide bonds. The lowest BCUT2D eigenvalue weighted by atomic mass is 9.81. The molecule has 0 unspecified atom stereocenters. The van der Waals surface area contributed by atoms with Crippen LogP contribution in [-0.2, 0) is 26.2 Å². The van der Waals surface area contributed by atoms with Crippen molar-refractivity contribution in [2.75, 3.05) is 20.2 Å². The minimum absolute atomic E-state index is 0.0908. The highest BCUT2D eigenvalue weighted by molar-refractivity contribution is 7.89. The van der Waals surface area contributed by atoms with Gasteiger partial charge in [-0.2, -0.15) is 4.31 Å². The first kappa shape index (κ1) is 23.8. The van der Waals surface area contributed by atoms with Crippen LogP contribution in [0.4, 0.5) is 0 Å². The van der Waals surface area contributed by atoms with Crippen molar-refractivity contribution in [2.45, 2.75) is 50.2 Å². The van der Waals surface area contributed by atoms with Crippen LogP contribution in [-0.4, -0.2) is 55.7 Å². The number of sulfonamides is 1. The van der Waals surface area contributed by atoms with E-state index >= 15 is 0 Å². The van der Waals surface area contributed by atoms with Gasteiger partial charge in [-0.15, -0.1) is 0 Å². The van der Waals surface area contributed by atoms with Crippen LogP contribution >= 0.6 is 0 Å². The Morgan fingerprint density at radius 2 is 1.66 bits per heavy atom. The molecule has 1 saturated heterocycles. The fourth-order valence-electron chi connectivity index (χ4n) is 5.30. The summed E-state index contributed by atoms with van der Waals surface area (Å²) in [5, 5.41) is 0. The first-order valence-electron chi connectivity index (χ1n) is 12.1. The Hall–Kier alpha value is -2.91. The second-order valence-corrected chi connectivity index (χ2v) is 11.7. The summed E-state index contributed by atoms with van der Waals surface area (Å²) in [5.41, 5.74) is 1.22. The number of carbonyl (C=O) groups is 2. The average molecular weight is 499 g/mol. The molecule has 35 heavy (non-hydrogen) atoms. The van der Waals surface area contributed by atoms with Gasteiger partial charge >= 0.3 is 0 Å². The number of ether oxygens (including phenoxy) is 2. The van der Waals surface area contributed by atoms with Crippen molar-refractivity contribution in [3.05, 3.63) is 53.6 Å². The Bertz CT molecular complexity index is 1240. The molecule has 0 bridgehead atoms. The van der Waals surface area contributed by atoms with E-state index in [0.29, 0.717) is 22.6 Å². The molecular weight excluding hydrogens is 468 g/mol. The summed E-state index contributed by atoms with van der Waals surface area (Å²) in [6.07, 6.45) is 2.99. The number of aryl methyl sites for hydroxylation is 1. The minimum atomic E-state index is -3.84. The van der Waals surface area contributed by atoms with E-state index < -0.39 is 16.1 Å². The van der Waals surface area contributed by atoms with E-state index in [4.69, 9.17) is 9.47 Å². The van der Waals surface area contributed by atoms with E-state index in [2.05, 4.69) is 0 Å².